The van der Waals surface area contributed by atoms with E-state index in [2.05, 4.69) is 24.0 Å². The van der Waals surface area contributed by atoms with Gasteiger partial charge in [0.25, 0.3) is 0 Å². The van der Waals surface area contributed by atoms with E-state index in [-0.39, 0.29) is 18.2 Å². The molecular formula is C29H48N2O3. The lowest BCUT2D eigenvalue weighted by molar-refractivity contribution is -0.0802. The minimum atomic E-state index is -0.653. The molecule has 0 aromatic carbocycles. The highest BCUT2D eigenvalue weighted by Gasteiger charge is 2.51. The van der Waals surface area contributed by atoms with E-state index in [1.807, 2.05) is 51.9 Å². The first-order valence-electron chi connectivity index (χ1n) is 13.7. The predicted octanol–water partition coefficient (Wildman–Crippen LogP) is 7.85. The number of rotatable bonds is 9. The second-order valence-corrected chi connectivity index (χ2v) is 12.0. The first-order chi connectivity index (χ1) is 16.1. The summed E-state index contributed by atoms with van der Waals surface area (Å²) in [5.41, 5.74) is 0.220. The minimum Gasteiger partial charge on any atom is -0.444 e. The van der Waals surface area contributed by atoms with Gasteiger partial charge in [0.2, 0.25) is 0 Å². The molecular weight excluding hydrogens is 424 g/mol. The molecule has 5 heteroatoms. The van der Waals surface area contributed by atoms with Crippen molar-refractivity contribution < 1.29 is 14.3 Å². The van der Waals surface area contributed by atoms with E-state index in [9.17, 15) is 4.79 Å². The van der Waals surface area contributed by atoms with Crippen molar-refractivity contribution in [2.45, 2.75) is 142 Å². The Morgan fingerprint density at radius 3 is 2.47 bits per heavy atom. The minimum absolute atomic E-state index is 0.0594. The summed E-state index contributed by atoms with van der Waals surface area (Å²) >= 11 is 0. The van der Waals surface area contributed by atoms with Crippen LogP contribution in [0.15, 0.2) is 24.5 Å². The van der Waals surface area contributed by atoms with Gasteiger partial charge in [-0.1, -0.05) is 51.9 Å². The molecule has 0 N–H and O–H groups in total. The zero-order valence-electron chi connectivity index (χ0n) is 22.5. The van der Waals surface area contributed by atoms with Crippen molar-refractivity contribution in [2.75, 3.05) is 0 Å². The Bertz CT molecular complexity index is 752. The van der Waals surface area contributed by atoms with Crippen LogP contribution in [0, 0.1) is 5.92 Å². The maximum absolute atomic E-state index is 13.3. The van der Waals surface area contributed by atoms with E-state index < -0.39 is 11.3 Å². The van der Waals surface area contributed by atoms with E-state index in [4.69, 9.17) is 9.47 Å². The molecule has 1 amide bonds. The highest BCUT2D eigenvalue weighted by Crippen LogP contribution is 2.41. The molecule has 1 aliphatic carbocycles. The third-order valence-corrected chi connectivity index (χ3v) is 7.53. The number of nitrogens with zero attached hydrogens (tertiary/aromatic N) is 2. The van der Waals surface area contributed by atoms with Gasteiger partial charge in [0.05, 0.1) is 12.1 Å². The molecule has 2 aliphatic rings. The molecule has 0 spiro atoms. The summed E-state index contributed by atoms with van der Waals surface area (Å²) in [4.78, 5) is 19.5. The van der Waals surface area contributed by atoms with Crippen LogP contribution in [0.1, 0.15) is 124 Å². The first-order valence-corrected chi connectivity index (χ1v) is 13.7. The molecule has 2 fully saturated rings. The maximum Gasteiger partial charge on any atom is 0.412 e. The zero-order chi connectivity index (χ0) is 24.8. The summed E-state index contributed by atoms with van der Waals surface area (Å²) in [6, 6.07) is 4.40. The van der Waals surface area contributed by atoms with Crippen LogP contribution in [0.3, 0.4) is 0 Å². The van der Waals surface area contributed by atoms with E-state index in [1.54, 1.807) is 0 Å². The van der Waals surface area contributed by atoms with Gasteiger partial charge in [-0.15, -0.1) is 0 Å². The van der Waals surface area contributed by atoms with Crippen LogP contribution in [0.2, 0.25) is 0 Å². The number of amides is 1. The number of pyridine rings is 1. The topological polar surface area (TPSA) is 51.7 Å². The van der Waals surface area contributed by atoms with Crippen molar-refractivity contribution in [1.29, 1.82) is 0 Å². The highest BCUT2D eigenvalue weighted by atomic mass is 16.6. The van der Waals surface area contributed by atoms with Crippen LogP contribution in [0.25, 0.3) is 0 Å². The van der Waals surface area contributed by atoms with Crippen LogP contribution >= 0.6 is 0 Å². The van der Waals surface area contributed by atoms with Crippen LogP contribution in [0.4, 0.5) is 4.79 Å². The summed E-state index contributed by atoms with van der Waals surface area (Å²) in [6.07, 6.45) is 16.7. The molecule has 2 unspecified atom stereocenters. The Morgan fingerprint density at radius 1 is 1.18 bits per heavy atom. The predicted molar refractivity (Wildman–Crippen MR) is 138 cm³/mol. The van der Waals surface area contributed by atoms with E-state index in [1.165, 1.54) is 50.5 Å². The summed E-state index contributed by atoms with van der Waals surface area (Å²) in [6.45, 7) is 12.1. The van der Waals surface area contributed by atoms with Crippen molar-refractivity contribution in [3.05, 3.63) is 30.1 Å². The molecule has 0 bridgehead atoms. The molecule has 1 aliphatic heterocycles. The van der Waals surface area contributed by atoms with E-state index in [0.29, 0.717) is 11.8 Å². The number of aromatic nitrogens is 1. The van der Waals surface area contributed by atoms with Gasteiger partial charge in [0, 0.05) is 12.4 Å². The van der Waals surface area contributed by atoms with Gasteiger partial charge in [0.1, 0.15) is 11.3 Å². The van der Waals surface area contributed by atoms with Gasteiger partial charge >= 0.3 is 6.09 Å². The number of hydrogen-bond acceptors (Lipinski definition) is 4. The van der Waals surface area contributed by atoms with Crippen LogP contribution in [-0.4, -0.2) is 39.4 Å². The highest BCUT2D eigenvalue weighted by molar-refractivity contribution is 5.70. The lowest BCUT2D eigenvalue weighted by Gasteiger charge is -2.37. The van der Waals surface area contributed by atoms with Crippen molar-refractivity contribution >= 4 is 6.09 Å². The molecule has 1 saturated carbocycles. The standard InChI is InChI=1S/C29H48N2O3/c1-7-12-23(24-17-19-30-20-18-24)15-11-16-26-25(21-22-13-9-8-10-14-22)31(29(5,6)33-26)27(32)34-28(2,3)4/h17-20,22-23,25-26H,7-16,21H2,1-6H3/t23-,25?,26?/m1/s1. The summed E-state index contributed by atoms with van der Waals surface area (Å²) in [5, 5.41) is 0. The average Bonchev–Trinajstić information content (AvgIpc) is 3.02. The fraction of sp³-hybridized carbons (Fsp3) is 0.793. The number of carbonyl (C=O) groups is 1. The lowest BCUT2D eigenvalue weighted by Crippen LogP contribution is -2.50. The Kier molecular flexibility index (Phi) is 9.42. The smallest absolute Gasteiger partial charge is 0.412 e. The van der Waals surface area contributed by atoms with E-state index in [0.717, 1.165) is 25.7 Å². The second-order valence-electron chi connectivity index (χ2n) is 12.0. The molecule has 1 saturated heterocycles. The molecule has 2 heterocycles. The Morgan fingerprint density at radius 2 is 1.85 bits per heavy atom. The van der Waals surface area contributed by atoms with Crippen LogP contribution < -0.4 is 0 Å². The molecule has 0 radical (unpaired) electrons. The Labute approximate surface area is 208 Å². The largest absolute Gasteiger partial charge is 0.444 e. The fourth-order valence-electron chi connectivity index (χ4n) is 6.04. The third kappa shape index (κ3) is 7.44. The zero-order valence-corrected chi connectivity index (χ0v) is 22.5. The Hall–Kier alpha value is -1.62. The summed E-state index contributed by atoms with van der Waals surface area (Å²) in [7, 11) is 0. The molecule has 1 aromatic heterocycles. The van der Waals surface area contributed by atoms with E-state index >= 15 is 0 Å². The van der Waals surface area contributed by atoms with Gasteiger partial charge in [-0.2, -0.15) is 0 Å². The van der Waals surface area contributed by atoms with Crippen molar-refractivity contribution in [3.8, 4) is 0 Å². The number of ether oxygens (including phenoxy) is 2. The second kappa shape index (κ2) is 11.9. The molecule has 1 aromatic rings. The Balaban J connectivity index is 1.72. The average molecular weight is 473 g/mol. The fourth-order valence-corrected chi connectivity index (χ4v) is 6.04. The van der Waals surface area contributed by atoms with Gasteiger partial charge in [-0.3, -0.25) is 9.88 Å². The summed E-state index contributed by atoms with van der Waals surface area (Å²) in [5.74, 6) is 1.23. The normalized spacial score (nSPS) is 24.2. The van der Waals surface area contributed by atoms with Crippen LogP contribution in [0.5, 0.6) is 0 Å². The van der Waals surface area contributed by atoms with Gasteiger partial charge in [-0.25, -0.2) is 4.79 Å². The SMILES string of the molecule is CCC[C@H](CCCC1OC(C)(C)N(C(=O)OC(C)(C)C)C1CC1CCCCC1)c1ccncc1. The summed E-state index contributed by atoms with van der Waals surface area (Å²) < 4.78 is 12.5. The molecule has 3 atom stereocenters. The first kappa shape index (κ1) is 27.0. The van der Waals surface area contributed by atoms with Crippen molar-refractivity contribution in [1.82, 2.24) is 9.88 Å². The van der Waals surface area contributed by atoms with Crippen molar-refractivity contribution in [3.63, 3.8) is 0 Å². The monoisotopic (exact) mass is 472 g/mol. The van der Waals surface area contributed by atoms with Crippen molar-refractivity contribution in [2.24, 2.45) is 5.92 Å². The van der Waals surface area contributed by atoms with Gasteiger partial charge in [-0.05, 0) is 89.8 Å². The molecule has 34 heavy (non-hydrogen) atoms. The number of carbonyl (C=O) groups excluding carboxylic acids is 1. The third-order valence-electron chi connectivity index (χ3n) is 7.53. The molecule has 192 valence electrons. The maximum atomic E-state index is 13.3. The van der Waals surface area contributed by atoms with Gasteiger partial charge < -0.3 is 9.47 Å². The quantitative estimate of drug-likeness (QED) is 0.367. The number of hydrogen-bond donors (Lipinski definition) is 0. The van der Waals surface area contributed by atoms with Gasteiger partial charge in [0.15, 0.2) is 0 Å². The molecule has 3 rings (SSSR count). The van der Waals surface area contributed by atoms with Crippen LogP contribution in [-0.2, 0) is 9.47 Å². The lowest BCUT2D eigenvalue weighted by atomic mass is 9.82. The molecule has 5 nitrogen and oxygen atoms in total.